The van der Waals surface area contributed by atoms with Crippen LogP contribution in [0.4, 0.5) is 0 Å². The average molecular weight is 328 g/mol. The van der Waals surface area contributed by atoms with Gasteiger partial charge in [0.2, 0.25) is 0 Å². The van der Waals surface area contributed by atoms with Gasteiger partial charge in [0.25, 0.3) is 0 Å². The van der Waals surface area contributed by atoms with Gasteiger partial charge < -0.3 is 0 Å². The second-order valence-electron chi connectivity index (χ2n) is 4.61. The van der Waals surface area contributed by atoms with E-state index < -0.39 is 0 Å². The van der Waals surface area contributed by atoms with Crippen molar-refractivity contribution in [3.8, 4) is 0 Å². The molecule has 0 N–H and O–H groups in total. The standard InChI is InChI=1S/C12H27INO/c1-8-12(13-15-7)14(10(4)5)11(6)9(2)3/h9-12H,8H2,1-7H3/q-1/t11-,12+/m0/s1. The minimum absolute atomic E-state index is 0.145. The predicted octanol–water partition coefficient (Wildman–Crippen LogP) is 0.128. The first-order chi connectivity index (χ1) is 6.95. The number of hydrogen-bond acceptors (Lipinski definition) is 2. The third-order valence-electron chi connectivity index (χ3n) is 2.88. The van der Waals surface area contributed by atoms with Crippen LogP contribution in [0.1, 0.15) is 48.0 Å². The minimum atomic E-state index is -0.145. The molecule has 0 radical (unpaired) electrons. The van der Waals surface area contributed by atoms with Gasteiger partial charge in [0.1, 0.15) is 0 Å². The topological polar surface area (TPSA) is 12.5 Å². The first-order valence-electron chi connectivity index (χ1n) is 5.89. The first kappa shape index (κ1) is 15.7. The molecule has 0 saturated heterocycles. The van der Waals surface area contributed by atoms with Crippen LogP contribution in [0.3, 0.4) is 0 Å². The normalized spacial score (nSPS) is 16.7. The molecule has 0 aliphatic heterocycles. The summed E-state index contributed by atoms with van der Waals surface area (Å²) in [5.41, 5.74) is 0. The molecular formula is C12H27INO-. The summed E-state index contributed by atoms with van der Waals surface area (Å²) in [5.74, 6) is 0.710. The Balaban J connectivity index is 4.61. The van der Waals surface area contributed by atoms with Gasteiger partial charge in [-0.05, 0) is 0 Å². The summed E-state index contributed by atoms with van der Waals surface area (Å²) in [5, 5.41) is 0. The Morgan fingerprint density at radius 1 is 1.13 bits per heavy atom. The van der Waals surface area contributed by atoms with Gasteiger partial charge in [0.05, 0.1) is 0 Å². The van der Waals surface area contributed by atoms with Crippen LogP contribution >= 0.6 is 0 Å². The van der Waals surface area contributed by atoms with Gasteiger partial charge >= 0.3 is 107 Å². The van der Waals surface area contributed by atoms with E-state index in [0.717, 1.165) is 0 Å². The van der Waals surface area contributed by atoms with E-state index >= 15 is 0 Å². The van der Waals surface area contributed by atoms with Gasteiger partial charge in [-0.1, -0.05) is 0 Å². The van der Waals surface area contributed by atoms with Crippen molar-refractivity contribution < 1.29 is 24.7 Å². The zero-order valence-electron chi connectivity index (χ0n) is 11.2. The molecule has 0 spiro atoms. The Kier molecular flexibility index (Phi) is 8.19. The zero-order valence-corrected chi connectivity index (χ0v) is 13.4. The molecule has 0 bridgehead atoms. The van der Waals surface area contributed by atoms with Crippen molar-refractivity contribution in [2.24, 2.45) is 5.92 Å². The van der Waals surface area contributed by atoms with Crippen LogP contribution in [0.15, 0.2) is 0 Å². The van der Waals surface area contributed by atoms with Gasteiger partial charge in [-0.3, -0.25) is 0 Å². The molecule has 0 fully saturated rings. The zero-order chi connectivity index (χ0) is 12.0. The Bertz CT molecular complexity index is 162. The molecule has 0 amide bonds. The van der Waals surface area contributed by atoms with Gasteiger partial charge in [0, 0.05) is 0 Å². The SMILES string of the molecule is CC[C@H]([I-]OC)N(C(C)C)[C@@H](C)C(C)C. The van der Waals surface area contributed by atoms with Crippen LogP contribution < -0.4 is 21.6 Å². The van der Waals surface area contributed by atoms with Crippen molar-refractivity contribution in [1.82, 2.24) is 4.90 Å². The van der Waals surface area contributed by atoms with E-state index in [2.05, 4.69) is 46.4 Å². The van der Waals surface area contributed by atoms with E-state index in [4.69, 9.17) is 3.07 Å². The van der Waals surface area contributed by atoms with E-state index in [0.29, 0.717) is 22.1 Å². The first-order valence-corrected chi connectivity index (χ1v) is 8.02. The summed E-state index contributed by atoms with van der Waals surface area (Å²) in [4.78, 5) is 2.64. The van der Waals surface area contributed by atoms with E-state index in [-0.39, 0.29) is 21.6 Å². The Morgan fingerprint density at radius 2 is 1.67 bits per heavy atom. The van der Waals surface area contributed by atoms with E-state index in [1.165, 1.54) is 6.42 Å². The molecule has 15 heavy (non-hydrogen) atoms. The number of halogens is 1. The molecular weight excluding hydrogens is 301 g/mol. The van der Waals surface area contributed by atoms with Gasteiger partial charge in [-0.25, -0.2) is 0 Å². The summed E-state index contributed by atoms with van der Waals surface area (Å²) in [6.07, 6.45) is 1.20. The fourth-order valence-corrected chi connectivity index (χ4v) is 4.18. The molecule has 94 valence electrons. The summed E-state index contributed by atoms with van der Waals surface area (Å²) in [7, 11) is 1.84. The molecule has 0 aromatic heterocycles. The van der Waals surface area contributed by atoms with Gasteiger partial charge in [-0.15, -0.1) is 0 Å². The van der Waals surface area contributed by atoms with Gasteiger partial charge in [-0.2, -0.15) is 0 Å². The van der Waals surface area contributed by atoms with Crippen molar-refractivity contribution in [1.29, 1.82) is 0 Å². The molecule has 0 unspecified atom stereocenters. The monoisotopic (exact) mass is 328 g/mol. The molecule has 0 aromatic carbocycles. The third-order valence-corrected chi connectivity index (χ3v) is 5.50. The number of rotatable bonds is 7. The van der Waals surface area contributed by atoms with E-state index in [9.17, 15) is 0 Å². The van der Waals surface area contributed by atoms with Crippen LogP contribution in [0, 0.1) is 5.92 Å². The number of hydrogen-bond donors (Lipinski definition) is 0. The van der Waals surface area contributed by atoms with Crippen molar-refractivity contribution in [3.63, 3.8) is 0 Å². The summed E-state index contributed by atoms with van der Waals surface area (Å²) in [6, 6.07) is 1.26. The van der Waals surface area contributed by atoms with Crippen molar-refractivity contribution >= 4 is 0 Å². The van der Waals surface area contributed by atoms with Crippen molar-refractivity contribution in [2.45, 2.75) is 64.1 Å². The summed E-state index contributed by atoms with van der Waals surface area (Å²) >= 11 is -0.145. The van der Waals surface area contributed by atoms with Crippen molar-refractivity contribution in [3.05, 3.63) is 0 Å². The molecule has 0 aliphatic rings. The second kappa shape index (κ2) is 7.85. The van der Waals surface area contributed by atoms with Crippen molar-refractivity contribution in [2.75, 3.05) is 7.11 Å². The van der Waals surface area contributed by atoms with Crippen LogP contribution in [0.25, 0.3) is 0 Å². The quantitative estimate of drug-likeness (QED) is 0.374. The van der Waals surface area contributed by atoms with E-state index in [1.54, 1.807) is 0 Å². The Hall–Kier alpha value is 0.650. The maximum atomic E-state index is 5.42. The average Bonchev–Trinajstić information content (AvgIpc) is 2.15. The molecule has 0 heterocycles. The fourth-order valence-electron chi connectivity index (χ4n) is 1.82. The maximum absolute atomic E-state index is 5.42. The van der Waals surface area contributed by atoms with E-state index in [1.807, 2.05) is 7.11 Å². The van der Waals surface area contributed by atoms with Crippen LogP contribution in [-0.4, -0.2) is 28.1 Å². The molecule has 2 nitrogen and oxygen atoms in total. The van der Waals surface area contributed by atoms with Crippen LogP contribution in [-0.2, 0) is 3.07 Å². The van der Waals surface area contributed by atoms with Gasteiger partial charge in [0.15, 0.2) is 0 Å². The molecule has 2 atom stereocenters. The molecule has 0 aliphatic carbocycles. The third kappa shape index (κ3) is 5.00. The number of nitrogens with zero attached hydrogens (tertiary/aromatic N) is 1. The van der Waals surface area contributed by atoms with Crippen LogP contribution in [0.2, 0.25) is 0 Å². The second-order valence-corrected chi connectivity index (χ2v) is 7.44. The van der Waals surface area contributed by atoms with Crippen LogP contribution in [0.5, 0.6) is 0 Å². The summed E-state index contributed by atoms with van der Waals surface area (Å²) in [6.45, 7) is 13.8. The fraction of sp³-hybridized carbons (Fsp3) is 1.00. The number of alkyl halides is 1. The Labute approximate surface area is 107 Å². The molecule has 0 aromatic rings. The summed E-state index contributed by atoms with van der Waals surface area (Å²) < 4.78 is 6.08. The molecule has 0 rings (SSSR count). The molecule has 0 saturated carbocycles. The molecule has 3 heteroatoms. The predicted molar refractivity (Wildman–Crippen MR) is 62.4 cm³/mol. The Morgan fingerprint density at radius 3 is 1.93 bits per heavy atom.